The van der Waals surface area contributed by atoms with E-state index in [4.69, 9.17) is 11.6 Å². The number of anilines is 1. The zero-order valence-corrected chi connectivity index (χ0v) is 9.77. The Hall–Kier alpha value is -0.730. The van der Waals surface area contributed by atoms with Crippen LogP contribution in [-0.2, 0) is 0 Å². The normalized spacial score (nSPS) is 20.5. The van der Waals surface area contributed by atoms with Crippen LogP contribution in [0.2, 0.25) is 5.02 Å². The number of rotatable bonds is 3. The molecule has 1 fully saturated rings. The minimum Gasteiger partial charge on any atom is -0.382 e. The molecule has 1 aromatic rings. The number of halogens is 1. The molecule has 0 aromatic heterocycles. The molecule has 1 saturated heterocycles. The molecule has 3 heteroatoms. The van der Waals surface area contributed by atoms with Gasteiger partial charge in [0.05, 0.1) is 10.7 Å². The second kappa shape index (κ2) is 4.86. The number of aryl methyl sites for hydroxylation is 1. The van der Waals surface area contributed by atoms with Crippen LogP contribution >= 0.6 is 11.6 Å². The largest absolute Gasteiger partial charge is 0.382 e. The molecule has 0 saturated carbocycles. The highest BCUT2D eigenvalue weighted by atomic mass is 35.5. The van der Waals surface area contributed by atoms with Crippen molar-refractivity contribution in [3.63, 3.8) is 0 Å². The molecule has 1 aliphatic rings. The average Bonchev–Trinajstić information content (AvgIpc) is 2.70. The molecule has 15 heavy (non-hydrogen) atoms. The van der Waals surface area contributed by atoms with Gasteiger partial charge in [-0.1, -0.05) is 23.7 Å². The molecule has 82 valence electrons. The highest BCUT2D eigenvalue weighted by Gasteiger charge is 2.14. The second-order valence-corrected chi connectivity index (χ2v) is 4.51. The van der Waals surface area contributed by atoms with E-state index in [1.54, 1.807) is 0 Å². The molecule has 1 unspecified atom stereocenters. The summed E-state index contributed by atoms with van der Waals surface area (Å²) in [6.07, 6.45) is 2.55. The third-order valence-corrected chi connectivity index (χ3v) is 3.22. The van der Waals surface area contributed by atoms with E-state index in [0.29, 0.717) is 6.04 Å². The fourth-order valence-electron chi connectivity index (χ4n) is 2.01. The first-order valence-corrected chi connectivity index (χ1v) is 5.87. The van der Waals surface area contributed by atoms with Crippen LogP contribution in [0, 0.1) is 6.92 Å². The van der Waals surface area contributed by atoms with Crippen molar-refractivity contribution in [3.05, 3.63) is 28.8 Å². The molecule has 1 aromatic carbocycles. The van der Waals surface area contributed by atoms with E-state index in [1.165, 1.54) is 18.4 Å². The molecule has 0 amide bonds. The Balaban J connectivity index is 1.97. The van der Waals surface area contributed by atoms with Gasteiger partial charge in [-0.3, -0.25) is 0 Å². The van der Waals surface area contributed by atoms with E-state index in [-0.39, 0.29) is 0 Å². The molecular formula is C12H17ClN2. The predicted molar refractivity (Wildman–Crippen MR) is 65.7 cm³/mol. The Morgan fingerprint density at radius 2 is 2.40 bits per heavy atom. The van der Waals surface area contributed by atoms with E-state index < -0.39 is 0 Å². The summed E-state index contributed by atoms with van der Waals surface area (Å²) in [5.74, 6) is 0. The van der Waals surface area contributed by atoms with Crippen molar-refractivity contribution in [2.45, 2.75) is 25.8 Å². The lowest BCUT2D eigenvalue weighted by Gasteiger charge is -2.15. The minimum absolute atomic E-state index is 0.598. The Morgan fingerprint density at radius 1 is 1.53 bits per heavy atom. The van der Waals surface area contributed by atoms with Crippen molar-refractivity contribution in [1.29, 1.82) is 0 Å². The van der Waals surface area contributed by atoms with Gasteiger partial charge in [0, 0.05) is 12.6 Å². The summed E-state index contributed by atoms with van der Waals surface area (Å²) >= 11 is 6.13. The summed E-state index contributed by atoms with van der Waals surface area (Å²) in [4.78, 5) is 0. The standard InChI is InChI=1S/C12H17ClN2/c1-9-4-2-6-11(13)12(9)15-8-10-5-3-7-14-10/h2,4,6,10,14-15H,3,5,7-8H2,1H3. The van der Waals surface area contributed by atoms with Crippen molar-refractivity contribution in [3.8, 4) is 0 Å². The highest BCUT2D eigenvalue weighted by molar-refractivity contribution is 6.33. The van der Waals surface area contributed by atoms with Gasteiger partial charge in [-0.2, -0.15) is 0 Å². The maximum Gasteiger partial charge on any atom is 0.0640 e. The summed E-state index contributed by atoms with van der Waals surface area (Å²) in [6.45, 7) is 4.19. The summed E-state index contributed by atoms with van der Waals surface area (Å²) < 4.78 is 0. The smallest absolute Gasteiger partial charge is 0.0640 e. The van der Waals surface area contributed by atoms with Gasteiger partial charge in [-0.15, -0.1) is 0 Å². The van der Waals surface area contributed by atoms with Crippen LogP contribution in [0.1, 0.15) is 18.4 Å². The van der Waals surface area contributed by atoms with E-state index in [2.05, 4.69) is 23.6 Å². The first-order valence-electron chi connectivity index (χ1n) is 5.50. The highest BCUT2D eigenvalue weighted by Crippen LogP contribution is 2.25. The van der Waals surface area contributed by atoms with Gasteiger partial charge in [0.1, 0.15) is 0 Å². The lowest BCUT2D eigenvalue weighted by atomic mass is 10.2. The van der Waals surface area contributed by atoms with Crippen LogP contribution in [-0.4, -0.2) is 19.1 Å². The molecule has 2 N–H and O–H groups in total. The summed E-state index contributed by atoms with van der Waals surface area (Å²) in [6, 6.07) is 6.59. The third kappa shape index (κ3) is 2.64. The van der Waals surface area contributed by atoms with Gasteiger partial charge < -0.3 is 10.6 Å². The van der Waals surface area contributed by atoms with Crippen LogP contribution in [0.25, 0.3) is 0 Å². The first-order chi connectivity index (χ1) is 7.27. The number of hydrogen-bond acceptors (Lipinski definition) is 2. The number of benzene rings is 1. The number of hydrogen-bond donors (Lipinski definition) is 2. The molecule has 0 radical (unpaired) electrons. The Bertz CT molecular complexity index is 312. The molecule has 0 spiro atoms. The number of para-hydroxylation sites is 1. The van der Waals surface area contributed by atoms with Crippen LogP contribution in [0.5, 0.6) is 0 Å². The topological polar surface area (TPSA) is 24.1 Å². The SMILES string of the molecule is Cc1cccc(Cl)c1NCC1CCCN1. The lowest BCUT2D eigenvalue weighted by Crippen LogP contribution is -2.29. The molecule has 1 atom stereocenters. The van der Waals surface area contributed by atoms with Crippen LogP contribution < -0.4 is 10.6 Å². The van der Waals surface area contributed by atoms with Gasteiger partial charge in [-0.05, 0) is 37.9 Å². The fraction of sp³-hybridized carbons (Fsp3) is 0.500. The minimum atomic E-state index is 0.598. The van der Waals surface area contributed by atoms with Gasteiger partial charge in [0.2, 0.25) is 0 Å². The van der Waals surface area contributed by atoms with Gasteiger partial charge in [-0.25, -0.2) is 0 Å². The molecule has 2 rings (SSSR count). The van der Waals surface area contributed by atoms with Crippen molar-refractivity contribution in [2.24, 2.45) is 0 Å². The van der Waals surface area contributed by atoms with Gasteiger partial charge >= 0.3 is 0 Å². The van der Waals surface area contributed by atoms with E-state index in [0.717, 1.165) is 23.8 Å². The predicted octanol–water partition coefficient (Wildman–Crippen LogP) is 2.81. The Morgan fingerprint density at radius 3 is 3.07 bits per heavy atom. The van der Waals surface area contributed by atoms with E-state index in [9.17, 15) is 0 Å². The average molecular weight is 225 g/mol. The lowest BCUT2D eigenvalue weighted by molar-refractivity contribution is 0.633. The first kappa shape index (κ1) is 10.8. The maximum atomic E-state index is 6.13. The monoisotopic (exact) mass is 224 g/mol. The summed E-state index contributed by atoms with van der Waals surface area (Å²) in [7, 11) is 0. The third-order valence-electron chi connectivity index (χ3n) is 2.91. The molecule has 1 heterocycles. The van der Waals surface area contributed by atoms with Crippen LogP contribution in [0.15, 0.2) is 18.2 Å². The quantitative estimate of drug-likeness (QED) is 0.825. The van der Waals surface area contributed by atoms with Gasteiger partial charge in [0.25, 0.3) is 0 Å². The second-order valence-electron chi connectivity index (χ2n) is 4.11. The zero-order chi connectivity index (χ0) is 10.7. The zero-order valence-electron chi connectivity index (χ0n) is 9.02. The van der Waals surface area contributed by atoms with Crippen LogP contribution in [0.4, 0.5) is 5.69 Å². The molecule has 0 bridgehead atoms. The Labute approximate surface area is 96.0 Å². The van der Waals surface area contributed by atoms with Crippen molar-refractivity contribution < 1.29 is 0 Å². The number of nitrogens with one attached hydrogen (secondary N) is 2. The van der Waals surface area contributed by atoms with Crippen molar-refractivity contribution in [1.82, 2.24) is 5.32 Å². The molecule has 0 aliphatic carbocycles. The van der Waals surface area contributed by atoms with Crippen LogP contribution in [0.3, 0.4) is 0 Å². The molecule has 2 nitrogen and oxygen atoms in total. The Kier molecular flexibility index (Phi) is 3.49. The van der Waals surface area contributed by atoms with Gasteiger partial charge in [0.15, 0.2) is 0 Å². The van der Waals surface area contributed by atoms with Crippen molar-refractivity contribution >= 4 is 17.3 Å². The summed E-state index contributed by atoms with van der Waals surface area (Å²) in [5, 5.41) is 7.70. The molecule has 1 aliphatic heterocycles. The maximum absolute atomic E-state index is 6.13. The fourth-order valence-corrected chi connectivity index (χ4v) is 2.30. The van der Waals surface area contributed by atoms with E-state index >= 15 is 0 Å². The van der Waals surface area contributed by atoms with Crippen molar-refractivity contribution in [2.75, 3.05) is 18.4 Å². The molecular weight excluding hydrogens is 208 g/mol. The van der Waals surface area contributed by atoms with E-state index in [1.807, 2.05) is 12.1 Å². The summed E-state index contributed by atoms with van der Waals surface area (Å²) in [5.41, 5.74) is 2.29.